The molecule has 0 amide bonds. The number of nitrogens with zero attached hydrogens (tertiary/aromatic N) is 1. The van der Waals surface area contributed by atoms with E-state index in [0.29, 0.717) is 12.3 Å². The number of oxazole rings is 1. The Bertz CT molecular complexity index is 552. The van der Waals surface area contributed by atoms with Crippen molar-refractivity contribution in [2.24, 2.45) is 0 Å². The van der Waals surface area contributed by atoms with Crippen LogP contribution in [0.2, 0.25) is 0 Å². The third-order valence-electron chi connectivity index (χ3n) is 2.88. The van der Waals surface area contributed by atoms with Crippen molar-refractivity contribution in [2.75, 3.05) is 0 Å². The van der Waals surface area contributed by atoms with E-state index in [1.807, 2.05) is 18.2 Å². The second-order valence-corrected chi connectivity index (χ2v) is 4.47. The Balaban J connectivity index is 2.09. The maximum atomic E-state index is 11.1. The molecule has 1 aromatic carbocycles. The van der Waals surface area contributed by atoms with Gasteiger partial charge in [-0.05, 0) is 25.8 Å². The van der Waals surface area contributed by atoms with Gasteiger partial charge in [-0.3, -0.25) is 4.79 Å². The molecule has 3 nitrogen and oxygen atoms in total. The highest BCUT2D eigenvalue weighted by atomic mass is 16.3. The molecule has 0 aliphatic heterocycles. The van der Waals surface area contributed by atoms with Crippen molar-refractivity contribution in [3.63, 3.8) is 0 Å². The van der Waals surface area contributed by atoms with Crippen LogP contribution in [0.25, 0.3) is 11.1 Å². The number of carbonyl (C=O) groups is 1. The molecule has 82 valence electrons. The summed E-state index contributed by atoms with van der Waals surface area (Å²) >= 11 is 0. The van der Waals surface area contributed by atoms with Crippen molar-refractivity contribution >= 4 is 16.9 Å². The highest BCUT2D eigenvalue weighted by Crippen LogP contribution is 2.40. The summed E-state index contributed by atoms with van der Waals surface area (Å²) in [5.74, 6) is 1.50. The van der Waals surface area contributed by atoms with Crippen LogP contribution >= 0.6 is 0 Å². The smallest absolute Gasteiger partial charge is 0.198 e. The van der Waals surface area contributed by atoms with E-state index in [1.54, 1.807) is 6.92 Å². The minimum absolute atomic E-state index is 0.150. The molecule has 3 heteroatoms. The molecular formula is C13H13NO2. The molecule has 0 spiro atoms. The van der Waals surface area contributed by atoms with Crippen molar-refractivity contribution in [3.8, 4) is 0 Å². The SMILES string of the molecule is CC(=O)Cc1cccc2nc(C3CC3)oc12. The van der Waals surface area contributed by atoms with Gasteiger partial charge in [0.1, 0.15) is 11.3 Å². The average Bonchev–Trinajstić information content (AvgIpc) is 2.98. The monoisotopic (exact) mass is 215 g/mol. The highest BCUT2D eigenvalue weighted by Gasteiger charge is 2.29. The Hall–Kier alpha value is -1.64. The second kappa shape index (κ2) is 3.44. The average molecular weight is 215 g/mol. The molecule has 16 heavy (non-hydrogen) atoms. The molecule has 0 N–H and O–H groups in total. The van der Waals surface area contributed by atoms with Crippen molar-refractivity contribution in [1.82, 2.24) is 4.98 Å². The Morgan fingerprint density at radius 1 is 1.50 bits per heavy atom. The number of carbonyl (C=O) groups excluding carboxylic acids is 1. The first-order valence-electron chi connectivity index (χ1n) is 5.62. The summed E-state index contributed by atoms with van der Waals surface area (Å²) in [7, 11) is 0. The fraction of sp³-hybridized carbons (Fsp3) is 0.385. The van der Waals surface area contributed by atoms with Crippen LogP contribution in [0.5, 0.6) is 0 Å². The van der Waals surface area contributed by atoms with Gasteiger partial charge in [-0.25, -0.2) is 4.98 Å². The molecule has 1 aliphatic carbocycles. The number of aromatic nitrogens is 1. The molecule has 1 aromatic heterocycles. The molecule has 1 aliphatic rings. The number of hydrogen-bond acceptors (Lipinski definition) is 3. The molecule has 1 heterocycles. The minimum atomic E-state index is 0.150. The van der Waals surface area contributed by atoms with Crippen molar-refractivity contribution in [1.29, 1.82) is 0 Å². The molecule has 0 atom stereocenters. The second-order valence-electron chi connectivity index (χ2n) is 4.47. The zero-order chi connectivity index (χ0) is 11.1. The highest BCUT2D eigenvalue weighted by molar-refractivity contribution is 5.85. The van der Waals surface area contributed by atoms with Crippen LogP contribution in [0.15, 0.2) is 22.6 Å². The lowest BCUT2D eigenvalue weighted by Gasteiger charge is -1.97. The van der Waals surface area contributed by atoms with Crippen LogP contribution < -0.4 is 0 Å². The topological polar surface area (TPSA) is 43.1 Å². The van der Waals surface area contributed by atoms with Crippen molar-refractivity contribution in [2.45, 2.75) is 32.1 Å². The Kier molecular flexibility index (Phi) is 2.06. The van der Waals surface area contributed by atoms with E-state index in [2.05, 4.69) is 4.98 Å². The minimum Gasteiger partial charge on any atom is -0.440 e. The van der Waals surface area contributed by atoms with Gasteiger partial charge in [0, 0.05) is 17.9 Å². The van der Waals surface area contributed by atoms with Crippen molar-refractivity contribution in [3.05, 3.63) is 29.7 Å². The third kappa shape index (κ3) is 1.62. The molecule has 0 unspecified atom stereocenters. The number of hydrogen-bond donors (Lipinski definition) is 0. The van der Waals surface area contributed by atoms with E-state index < -0.39 is 0 Å². The van der Waals surface area contributed by atoms with Gasteiger partial charge in [0.15, 0.2) is 11.5 Å². The van der Waals surface area contributed by atoms with Gasteiger partial charge < -0.3 is 4.42 Å². The number of fused-ring (bicyclic) bond motifs is 1. The summed E-state index contributed by atoms with van der Waals surface area (Å²) in [5.41, 5.74) is 2.62. The number of benzene rings is 1. The Labute approximate surface area is 93.5 Å². The van der Waals surface area contributed by atoms with Crippen LogP contribution in [-0.4, -0.2) is 10.8 Å². The molecule has 1 fully saturated rings. The zero-order valence-electron chi connectivity index (χ0n) is 9.19. The summed E-state index contributed by atoms with van der Waals surface area (Å²) in [6.07, 6.45) is 2.78. The zero-order valence-corrected chi connectivity index (χ0v) is 9.19. The number of Topliss-reactive ketones (excluding diaryl/α,β-unsaturated/α-hetero) is 1. The number of para-hydroxylation sites is 1. The first-order chi connectivity index (χ1) is 7.74. The van der Waals surface area contributed by atoms with Crippen LogP contribution in [0.4, 0.5) is 0 Å². The summed E-state index contributed by atoms with van der Waals surface area (Å²) in [4.78, 5) is 15.6. The lowest BCUT2D eigenvalue weighted by atomic mass is 10.1. The first kappa shape index (κ1) is 9.58. The molecule has 1 saturated carbocycles. The summed E-state index contributed by atoms with van der Waals surface area (Å²) in [6, 6.07) is 5.81. The first-order valence-corrected chi connectivity index (χ1v) is 5.62. The summed E-state index contributed by atoms with van der Waals surface area (Å²) in [6.45, 7) is 1.59. The standard InChI is InChI=1S/C13H13NO2/c1-8(15)7-10-3-2-4-11-12(10)16-13(14-11)9-5-6-9/h2-4,9H,5-7H2,1H3. The fourth-order valence-corrected chi connectivity index (χ4v) is 1.94. The third-order valence-corrected chi connectivity index (χ3v) is 2.88. The van der Waals surface area contributed by atoms with E-state index in [1.165, 1.54) is 12.8 Å². The van der Waals surface area contributed by atoms with E-state index >= 15 is 0 Å². The molecule has 0 radical (unpaired) electrons. The number of rotatable bonds is 3. The molecule has 2 aromatic rings. The normalized spacial score (nSPS) is 15.6. The predicted molar refractivity (Wildman–Crippen MR) is 60.4 cm³/mol. The quantitative estimate of drug-likeness (QED) is 0.790. The largest absolute Gasteiger partial charge is 0.440 e. The van der Waals surface area contributed by atoms with Gasteiger partial charge in [0.25, 0.3) is 0 Å². The van der Waals surface area contributed by atoms with Gasteiger partial charge in [-0.1, -0.05) is 12.1 Å². The predicted octanol–water partition coefficient (Wildman–Crippen LogP) is 2.84. The maximum absolute atomic E-state index is 11.1. The van der Waals surface area contributed by atoms with Crippen LogP contribution in [0, 0.1) is 0 Å². The molecular weight excluding hydrogens is 202 g/mol. The lowest BCUT2D eigenvalue weighted by molar-refractivity contribution is -0.116. The van der Waals surface area contributed by atoms with Crippen LogP contribution in [-0.2, 0) is 11.2 Å². The summed E-state index contributed by atoms with van der Waals surface area (Å²) in [5, 5.41) is 0. The van der Waals surface area contributed by atoms with E-state index in [-0.39, 0.29) is 5.78 Å². The Morgan fingerprint density at radius 2 is 2.31 bits per heavy atom. The molecule has 0 bridgehead atoms. The van der Waals surface area contributed by atoms with Gasteiger partial charge in [-0.15, -0.1) is 0 Å². The van der Waals surface area contributed by atoms with Gasteiger partial charge in [-0.2, -0.15) is 0 Å². The number of ketones is 1. The lowest BCUT2D eigenvalue weighted by Crippen LogP contribution is -1.96. The van der Waals surface area contributed by atoms with Crippen molar-refractivity contribution < 1.29 is 9.21 Å². The van der Waals surface area contributed by atoms with Gasteiger partial charge in [0.2, 0.25) is 0 Å². The summed E-state index contributed by atoms with van der Waals surface area (Å²) < 4.78 is 5.76. The van der Waals surface area contributed by atoms with E-state index in [9.17, 15) is 4.79 Å². The molecule has 3 rings (SSSR count). The maximum Gasteiger partial charge on any atom is 0.198 e. The Morgan fingerprint density at radius 3 is 3.00 bits per heavy atom. The molecule has 0 saturated heterocycles. The van der Waals surface area contributed by atoms with E-state index in [4.69, 9.17) is 4.42 Å². The van der Waals surface area contributed by atoms with Crippen LogP contribution in [0.1, 0.15) is 37.1 Å². The van der Waals surface area contributed by atoms with Gasteiger partial charge in [0.05, 0.1) is 0 Å². The van der Waals surface area contributed by atoms with Crippen LogP contribution in [0.3, 0.4) is 0 Å². The fourth-order valence-electron chi connectivity index (χ4n) is 1.94. The van der Waals surface area contributed by atoms with Gasteiger partial charge >= 0.3 is 0 Å². The van der Waals surface area contributed by atoms with E-state index in [0.717, 1.165) is 22.6 Å².